The number of ether oxygens (including phenoxy) is 2. The molecule has 6 rings (SSSR count). The van der Waals surface area contributed by atoms with Crippen LogP contribution in [-0.2, 0) is 37.8 Å². The standard InChI is InChI=1S/C32H28N4O4/c37-31-30(40-22-25-13-5-2-6-14-25)33-36(32(38)35(31)23-39-21-24-11-3-1-4-12-24)20-19-34-28-17-9-7-15-26(28)27-16-8-10-18-29(27)34/h1-18H,19-23H2. The van der Waals surface area contributed by atoms with Crippen LogP contribution in [0.4, 0.5) is 0 Å². The third kappa shape index (κ3) is 5.17. The molecule has 0 aliphatic carbocycles. The average molecular weight is 533 g/mol. The highest BCUT2D eigenvalue weighted by atomic mass is 16.5. The van der Waals surface area contributed by atoms with E-state index in [0.717, 1.165) is 37.5 Å². The van der Waals surface area contributed by atoms with E-state index in [-0.39, 0.29) is 32.4 Å². The van der Waals surface area contributed by atoms with E-state index >= 15 is 0 Å². The number of benzene rings is 4. The fourth-order valence-electron chi connectivity index (χ4n) is 4.88. The number of fused-ring (bicyclic) bond motifs is 3. The molecule has 0 aliphatic rings. The van der Waals surface area contributed by atoms with Crippen LogP contribution in [0.3, 0.4) is 0 Å². The molecule has 40 heavy (non-hydrogen) atoms. The molecule has 200 valence electrons. The number of rotatable bonds is 10. The van der Waals surface area contributed by atoms with Crippen molar-refractivity contribution in [1.29, 1.82) is 0 Å². The minimum atomic E-state index is -0.623. The molecular weight excluding hydrogens is 504 g/mol. The van der Waals surface area contributed by atoms with E-state index in [9.17, 15) is 9.59 Å². The maximum Gasteiger partial charge on any atom is 0.349 e. The number of aromatic nitrogens is 4. The Labute approximate surface area is 230 Å². The Hall–Kier alpha value is -4.95. The number of para-hydroxylation sites is 2. The van der Waals surface area contributed by atoms with E-state index in [1.807, 2.05) is 84.9 Å². The minimum Gasteiger partial charge on any atom is -0.468 e. The fraction of sp³-hybridized carbons (Fsp3) is 0.156. The lowest BCUT2D eigenvalue weighted by Crippen LogP contribution is -2.43. The highest BCUT2D eigenvalue weighted by molar-refractivity contribution is 6.07. The monoisotopic (exact) mass is 532 g/mol. The van der Waals surface area contributed by atoms with E-state index in [0.29, 0.717) is 6.54 Å². The van der Waals surface area contributed by atoms with Gasteiger partial charge in [-0.3, -0.25) is 4.79 Å². The summed E-state index contributed by atoms with van der Waals surface area (Å²) in [7, 11) is 0. The van der Waals surface area contributed by atoms with Gasteiger partial charge in [0.25, 0.3) is 5.88 Å². The molecule has 0 fully saturated rings. The van der Waals surface area contributed by atoms with Crippen molar-refractivity contribution in [2.75, 3.05) is 0 Å². The molecular formula is C32H28N4O4. The van der Waals surface area contributed by atoms with Crippen molar-refractivity contribution in [3.05, 3.63) is 141 Å². The van der Waals surface area contributed by atoms with Crippen molar-refractivity contribution in [3.63, 3.8) is 0 Å². The molecule has 0 saturated heterocycles. The molecule has 0 saturated carbocycles. The van der Waals surface area contributed by atoms with Crippen LogP contribution in [0, 0.1) is 0 Å². The Bertz CT molecular complexity index is 1820. The summed E-state index contributed by atoms with van der Waals surface area (Å²) in [5.74, 6) is -0.144. The fourth-order valence-corrected chi connectivity index (χ4v) is 4.88. The summed E-state index contributed by atoms with van der Waals surface area (Å²) >= 11 is 0. The van der Waals surface area contributed by atoms with Gasteiger partial charge < -0.3 is 14.0 Å². The van der Waals surface area contributed by atoms with Crippen molar-refractivity contribution >= 4 is 21.8 Å². The lowest BCUT2D eigenvalue weighted by molar-refractivity contribution is 0.0556. The molecule has 0 aliphatic heterocycles. The van der Waals surface area contributed by atoms with Gasteiger partial charge in [-0.15, -0.1) is 5.10 Å². The van der Waals surface area contributed by atoms with E-state index in [2.05, 4.69) is 33.9 Å². The van der Waals surface area contributed by atoms with Crippen LogP contribution < -0.4 is 16.0 Å². The second kappa shape index (κ2) is 11.4. The maximum atomic E-state index is 13.5. The van der Waals surface area contributed by atoms with Gasteiger partial charge in [0.2, 0.25) is 0 Å². The van der Waals surface area contributed by atoms with Crippen LogP contribution in [0.15, 0.2) is 119 Å². The zero-order valence-electron chi connectivity index (χ0n) is 21.8. The normalized spacial score (nSPS) is 11.3. The van der Waals surface area contributed by atoms with E-state index in [4.69, 9.17) is 9.47 Å². The Morgan fingerprint density at radius 3 is 1.77 bits per heavy atom. The van der Waals surface area contributed by atoms with Gasteiger partial charge in [-0.1, -0.05) is 97.1 Å². The van der Waals surface area contributed by atoms with Crippen molar-refractivity contribution in [1.82, 2.24) is 18.9 Å². The first-order chi connectivity index (χ1) is 19.7. The summed E-state index contributed by atoms with van der Waals surface area (Å²) in [6.07, 6.45) is 0. The van der Waals surface area contributed by atoms with Crippen molar-refractivity contribution in [3.8, 4) is 5.88 Å². The first-order valence-electron chi connectivity index (χ1n) is 13.2. The van der Waals surface area contributed by atoms with Crippen molar-refractivity contribution in [2.24, 2.45) is 0 Å². The van der Waals surface area contributed by atoms with Gasteiger partial charge in [0.05, 0.1) is 13.2 Å². The van der Waals surface area contributed by atoms with Gasteiger partial charge >= 0.3 is 11.2 Å². The van der Waals surface area contributed by atoms with Crippen LogP contribution in [0.2, 0.25) is 0 Å². The quantitative estimate of drug-likeness (QED) is 0.249. The Morgan fingerprint density at radius 2 is 1.15 bits per heavy atom. The lowest BCUT2D eigenvalue weighted by atomic mass is 10.2. The van der Waals surface area contributed by atoms with E-state index in [1.165, 1.54) is 4.68 Å². The SMILES string of the molecule is O=c1c(OCc2ccccc2)nn(CCn2c3ccccc3c3ccccc32)c(=O)n1COCc1ccccc1. The molecule has 6 aromatic rings. The summed E-state index contributed by atoms with van der Waals surface area (Å²) in [5, 5.41) is 6.64. The number of hydrogen-bond acceptors (Lipinski definition) is 5. The summed E-state index contributed by atoms with van der Waals surface area (Å²) in [5.41, 5.74) is 2.79. The molecule has 0 radical (unpaired) electrons. The van der Waals surface area contributed by atoms with Crippen LogP contribution in [0.5, 0.6) is 5.88 Å². The second-order valence-corrected chi connectivity index (χ2v) is 9.47. The molecule has 0 atom stereocenters. The molecule has 0 unspecified atom stereocenters. The zero-order chi connectivity index (χ0) is 27.3. The third-order valence-corrected chi connectivity index (χ3v) is 6.86. The minimum absolute atomic E-state index is 0.144. The summed E-state index contributed by atoms with van der Waals surface area (Å²) < 4.78 is 16.1. The predicted molar refractivity (Wildman–Crippen MR) is 154 cm³/mol. The molecule has 8 nitrogen and oxygen atoms in total. The van der Waals surface area contributed by atoms with Gasteiger partial charge in [0.1, 0.15) is 13.3 Å². The molecule has 4 aromatic carbocycles. The highest BCUT2D eigenvalue weighted by Crippen LogP contribution is 2.28. The van der Waals surface area contributed by atoms with E-state index in [1.54, 1.807) is 0 Å². The zero-order valence-corrected chi connectivity index (χ0v) is 21.8. The molecule has 0 spiro atoms. The van der Waals surface area contributed by atoms with Crippen LogP contribution in [0.1, 0.15) is 11.1 Å². The third-order valence-electron chi connectivity index (χ3n) is 6.86. The van der Waals surface area contributed by atoms with Crippen LogP contribution in [0.25, 0.3) is 21.8 Å². The van der Waals surface area contributed by atoms with Crippen molar-refractivity contribution in [2.45, 2.75) is 33.0 Å². The number of hydrogen-bond donors (Lipinski definition) is 0. The molecule has 0 bridgehead atoms. The van der Waals surface area contributed by atoms with Gasteiger partial charge in [-0.2, -0.15) is 0 Å². The largest absolute Gasteiger partial charge is 0.468 e. The van der Waals surface area contributed by atoms with Gasteiger partial charge in [0.15, 0.2) is 0 Å². The molecule has 2 aromatic heterocycles. The molecule has 2 heterocycles. The highest BCUT2D eigenvalue weighted by Gasteiger charge is 2.16. The average Bonchev–Trinajstić information content (AvgIpc) is 3.32. The number of nitrogens with zero attached hydrogens (tertiary/aromatic N) is 4. The summed E-state index contributed by atoms with van der Waals surface area (Å²) in [6.45, 7) is 0.909. The Morgan fingerprint density at radius 1 is 0.600 bits per heavy atom. The van der Waals surface area contributed by atoms with E-state index < -0.39 is 11.2 Å². The van der Waals surface area contributed by atoms with Gasteiger partial charge in [-0.05, 0) is 23.3 Å². The second-order valence-electron chi connectivity index (χ2n) is 9.47. The Balaban J connectivity index is 1.32. The van der Waals surface area contributed by atoms with Gasteiger partial charge in [-0.25, -0.2) is 14.0 Å². The maximum absolute atomic E-state index is 13.5. The Kier molecular flexibility index (Phi) is 7.24. The topological polar surface area (TPSA) is 80.3 Å². The summed E-state index contributed by atoms with van der Waals surface area (Å²) in [6, 6.07) is 35.5. The first-order valence-corrected chi connectivity index (χ1v) is 13.2. The molecule has 0 N–H and O–H groups in total. The lowest BCUT2D eigenvalue weighted by Gasteiger charge is -2.14. The molecule has 8 heteroatoms. The van der Waals surface area contributed by atoms with Crippen LogP contribution >= 0.6 is 0 Å². The smallest absolute Gasteiger partial charge is 0.349 e. The van der Waals surface area contributed by atoms with Gasteiger partial charge in [0, 0.05) is 28.4 Å². The van der Waals surface area contributed by atoms with Crippen molar-refractivity contribution < 1.29 is 9.47 Å². The van der Waals surface area contributed by atoms with Crippen LogP contribution in [-0.4, -0.2) is 18.9 Å². The first kappa shape index (κ1) is 25.3. The summed E-state index contributed by atoms with van der Waals surface area (Å²) in [4.78, 5) is 26.7. The number of aryl methyl sites for hydroxylation is 2. The molecule has 0 amide bonds. The predicted octanol–water partition coefficient (Wildman–Crippen LogP) is 4.97.